The number of ketones is 1. The number of carbonyl (C=O) groups is 1. The largest absolute Gasteiger partial charge is 0.490 e. The van der Waals surface area contributed by atoms with Crippen molar-refractivity contribution in [3.05, 3.63) is 22.7 Å². The summed E-state index contributed by atoms with van der Waals surface area (Å²) in [4.78, 5) is 12.7. The Morgan fingerprint density at radius 3 is 2.52 bits per heavy atom. The van der Waals surface area contributed by atoms with Gasteiger partial charge in [0.25, 0.3) is 0 Å². The molecule has 0 saturated heterocycles. The topological polar surface area (TPSA) is 35.5 Å². The van der Waals surface area contributed by atoms with E-state index in [1.807, 2.05) is 0 Å². The predicted octanol–water partition coefficient (Wildman–Crippen LogP) is 4.90. The van der Waals surface area contributed by atoms with Gasteiger partial charge in [-0.15, -0.1) is 0 Å². The lowest BCUT2D eigenvalue weighted by Crippen LogP contribution is -2.15. The van der Waals surface area contributed by atoms with E-state index in [4.69, 9.17) is 21.1 Å². The van der Waals surface area contributed by atoms with Crippen LogP contribution in [0.5, 0.6) is 11.5 Å². The number of halogens is 1. The molecule has 0 fully saturated rings. The van der Waals surface area contributed by atoms with E-state index >= 15 is 0 Å². The SMILES string of the molecule is CCCCC(CC)C(=O)c1cc2c(cc1Cl)OCCCO2. The molecule has 1 aliphatic rings. The van der Waals surface area contributed by atoms with E-state index in [-0.39, 0.29) is 11.7 Å². The van der Waals surface area contributed by atoms with E-state index in [0.717, 1.165) is 32.1 Å². The van der Waals surface area contributed by atoms with Crippen LogP contribution in [0.3, 0.4) is 0 Å². The highest BCUT2D eigenvalue weighted by Crippen LogP contribution is 2.36. The molecule has 0 N–H and O–H groups in total. The summed E-state index contributed by atoms with van der Waals surface area (Å²) in [6.07, 6.45) is 4.74. The molecular formula is C17H23ClO3. The number of benzene rings is 1. The average molecular weight is 311 g/mol. The average Bonchev–Trinajstić information content (AvgIpc) is 2.71. The summed E-state index contributed by atoms with van der Waals surface area (Å²) in [6.45, 7) is 5.41. The van der Waals surface area contributed by atoms with Crippen molar-refractivity contribution in [3.8, 4) is 11.5 Å². The third-order valence-electron chi connectivity index (χ3n) is 3.87. The first kappa shape index (κ1) is 16.2. The van der Waals surface area contributed by atoms with Gasteiger partial charge >= 0.3 is 0 Å². The molecule has 4 heteroatoms. The molecule has 1 aromatic rings. The number of fused-ring (bicyclic) bond motifs is 1. The van der Waals surface area contributed by atoms with Gasteiger partial charge in [0.05, 0.1) is 18.2 Å². The second-order valence-electron chi connectivity index (χ2n) is 5.44. The monoisotopic (exact) mass is 310 g/mol. The number of ether oxygens (including phenoxy) is 2. The van der Waals surface area contributed by atoms with Crippen LogP contribution in [0, 0.1) is 5.92 Å². The third kappa shape index (κ3) is 3.91. The summed E-state index contributed by atoms with van der Waals surface area (Å²) >= 11 is 6.29. The fourth-order valence-electron chi connectivity index (χ4n) is 2.56. The van der Waals surface area contributed by atoms with E-state index in [2.05, 4.69) is 13.8 Å². The highest BCUT2D eigenvalue weighted by atomic mass is 35.5. The zero-order chi connectivity index (χ0) is 15.2. The predicted molar refractivity (Wildman–Crippen MR) is 84.7 cm³/mol. The Balaban J connectivity index is 2.26. The maximum atomic E-state index is 12.7. The number of rotatable bonds is 6. The second-order valence-corrected chi connectivity index (χ2v) is 5.85. The van der Waals surface area contributed by atoms with Gasteiger partial charge in [-0.3, -0.25) is 4.79 Å². The molecule has 21 heavy (non-hydrogen) atoms. The van der Waals surface area contributed by atoms with E-state index in [1.165, 1.54) is 0 Å². The summed E-state index contributed by atoms with van der Waals surface area (Å²) < 4.78 is 11.2. The molecule has 0 amide bonds. The van der Waals surface area contributed by atoms with Gasteiger partial charge in [0.2, 0.25) is 0 Å². The molecule has 1 heterocycles. The fraction of sp³-hybridized carbons (Fsp3) is 0.588. The minimum absolute atomic E-state index is 0.0344. The smallest absolute Gasteiger partial charge is 0.167 e. The molecule has 0 aromatic heterocycles. The van der Waals surface area contributed by atoms with Crippen LogP contribution in [0.2, 0.25) is 5.02 Å². The van der Waals surface area contributed by atoms with Crippen LogP contribution < -0.4 is 9.47 Å². The molecule has 0 aliphatic carbocycles. The van der Waals surface area contributed by atoms with Crippen molar-refractivity contribution in [2.24, 2.45) is 5.92 Å². The Labute approximate surface area is 131 Å². The first-order chi connectivity index (χ1) is 10.2. The van der Waals surface area contributed by atoms with Crippen LogP contribution in [0.25, 0.3) is 0 Å². The van der Waals surface area contributed by atoms with Gasteiger partial charge in [-0.2, -0.15) is 0 Å². The van der Waals surface area contributed by atoms with Crippen molar-refractivity contribution < 1.29 is 14.3 Å². The summed E-state index contributed by atoms with van der Waals surface area (Å²) in [6, 6.07) is 3.46. The standard InChI is InChI=1S/C17H23ClO3/c1-3-5-7-12(4-2)17(19)13-10-15-16(11-14(13)18)21-9-6-8-20-15/h10-12H,3-9H2,1-2H3. The number of hydrogen-bond donors (Lipinski definition) is 0. The van der Waals surface area contributed by atoms with Crippen LogP contribution in [0.4, 0.5) is 0 Å². The maximum absolute atomic E-state index is 12.7. The van der Waals surface area contributed by atoms with Crippen molar-refractivity contribution in [2.45, 2.75) is 46.0 Å². The van der Waals surface area contributed by atoms with Gasteiger partial charge in [0.15, 0.2) is 17.3 Å². The molecular weight excluding hydrogens is 288 g/mol. The lowest BCUT2D eigenvalue weighted by molar-refractivity contribution is 0.0908. The van der Waals surface area contributed by atoms with Crippen LogP contribution in [-0.4, -0.2) is 19.0 Å². The zero-order valence-corrected chi connectivity index (χ0v) is 13.5. The zero-order valence-electron chi connectivity index (χ0n) is 12.8. The molecule has 3 nitrogen and oxygen atoms in total. The lowest BCUT2D eigenvalue weighted by Gasteiger charge is -2.16. The van der Waals surface area contributed by atoms with Crippen LogP contribution in [0.15, 0.2) is 12.1 Å². The maximum Gasteiger partial charge on any atom is 0.167 e. The molecule has 0 saturated carbocycles. The Bertz CT molecular complexity index is 499. The van der Waals surface area contributed by atoms with Gasteiger partial charge in [-0.25, -0.2) is 0 Å². The minimum atomic E-state index is 0.0344. The van der Waals surface area contributed by atoms with Gasteiger partial charge in [0, 0.05) is 24.0 Å². The number of carbonyl (C=O) groups excluding carboxylic acids is 1. The van der Waals surface area contributed by atoms with Crippen molar-refractivity contribution in [1.82, 2.24) is 0 Å². The van der Waals surface area contributed by atoms with Gasteiger partial charge in [-0.05, 0) is 18.9 Å². The van der Waals surface area contributed by atoms with Gasteiger partial charge in [0.1, 0.15) is 0 Å². The first-order valence-corrected chi connectivity index (χ1v) is 8.18. The molecule has 1 atom stereocenters. The molecule has 2 rings (SSSR count). The molecule has 0 bridgehead atoms. The highest BCUT2D eigenvalue weighted by molar-refractivity contribution is 6.34. The van der Waals surface area contributed by atoms with Gasteiger partial charge in [-0.1, -0.05) is 38.3 Å². The fourth-order valence-corrected chi connectivity index (χ4v) is 2.81. The minimum Gasteiger partial charge on any atom is -0.490 e. The van der Waals surface area contributed by atoms with E-state index in [1.54, 1.807) is 12.1 Å². The molecule has 1 unspecified atom stereocenters. The summed E-state index contributed by atoms with van der Waals surface area (Å²) in [5.41, 5.74) is 0.559. The normalized spacial score (nSPS) is 15.4. The van der Waals surface area contributed by atoms with Crippen LogP contribution >= 0.6 is 11.6 Å². The number of unbranched alkanes of at least 4 members (excludes halogenated alkanes) is 1. The van der Waals surface area contributed by atoms with E-state index in [0.29, 0.717) is 35.3 Å². The molecule has 0 radical (unpaired) electrons. The molecule has 1 aliphatic heterocycles. The molecule has 116 valence electrons. The number of Topliss-reactive ketones (excluding diaryl/α,β-unsaturated/α-hetero) is 1. The second kappa shape index (κ2) is 7.69. The lowest BCUT2D eigenvalue weighted by atomic mass is 9.90. The quantitative estimate of drug-likeness (QED) is 0.701. The van der Waals surface area contributed by atoms with Crippen LogP contribution in [0.1, 0.15) is 56.3 Å². The Morgan fingerprint density at radius 1 is 1.24 bits per heavy atom. The van der Waals surface area contributed by atoms with Gasteiger partial charge < -0.3 is 9.47 Å². The summed E-state index contributed by atoms with van der Waals surface area (Å²) in [7, 11) is 0. The number of hydrogen-bond acceptors (Lipinski definition) is 3. The van der Waals surface area contributed by atoms with Crippen molar-refractivity contribution in [2.75, 3.05) is 13.2 Å². The van der Waals surface area contributed by atoms with Crippen molar-refractivity contribution >= 4 is 17.4 Å². The Kier molecular flexibility index (Phi) is 5.92. The van der Waals surface area contributed by atoms with E-state index in [9.17, 15) is 4.79 Å². The summed E-state index contributed by atoms with van der Waals surface area (Å²) in [5, 5.41) is 0.458. The molecule has 1 aromatic carbocycles. The summed E-state index contributed by atoms with van der Waals surface area (Å²) in [5.74, 6) is 1.42. The first-order valence-electron chi connectivity index (χ1n) is 7.80. The Hall–Kier alpha value is -1.22. The van der Waals surface area contributed by atoms with Crippen molar-refractivity contribution in [3.63, 3.8) is 0 Å². The van der Waals surface area contributed by atoms with Crippen molar-refractivity contribution in [1.29, 1.82) is 0 Å². The molecule has 0 spiro atoms. The third-order valence-corrected chi connectivity index (χ3v) is 4.19. The highest BCUT2D eigenvalue weighted by Gasteiger charge is 2.23. The van der Waals surface area contributed by atoms with E-state index < -0.39 is 0 Å². The van der Waals surface area contributed by atoms with Crippen LogP contribution in [-0.2, 0) is 0 Å². The Morgan fingerprint density at radius 2 is 1.90 bits per heavy atom.